The van der Waals surface area contributed by atoms with Gasteiger partial charge in [-0.2, -0.15) is 0 Å². The summed E-state index contributed by atoms with van der Waals surface area (Å²) in [7, 11) is 0. The Morgan fingerprint density at radius 1 is 1.16 bits per heavy atom. The second-order valence-electron chi connectivity index (χ2n) is 9.73. The van der Waals surface area contributed by atoms with Gasteiger partial charge in [0.15, 0.2) is 6.29 Å². The maximum absolute atomic E-state index is 12.4. The molecule has 0 radical (unpaired) electrons. The average Bonchev–Trinajstić information content (AvgIpc) is 2.94. The monoisotopic (exact) mass is 507 g/mol. The molecule has 2 fully saturated rings. The fourth-order valence-corrected chi connectivity index (χ4v) is 4.68. The van der Waals surface area contributed by atoms with E-state index in [4.69, 9.17) is 9.57 Å². The number of carbonyl (C=O) groups is 2. The minimum absolute atomic E-state index is 0.0198. The normalized spacial score (nSPS) is 19.5. The molecule has 0 saturated carbocycles. The molecule has 1 aromatic heterocycles. The maximum Gasteiger partial charge on any atom is 0.278 e. The first-order chi connectivity index (χ1) is 18.0. The third kappa shape index (κ3) is 7.84. The van der Waals surface area contributed by atoms with Crippen molar-refractivity contribution in [3.05, 3.63) is 59.9 Å². The van der Waals surface area contributed by atoms with Gasteiger partial charge in [0, 0.05) is 58.0 Å². The number of piperidine rings is 1. The lowest BCUT2D eigenvalue weighted by molar-refractivity contribution is -0.186. The molecule has 4 rings (SSSR count). The van der Waals surface area contributed by atoms with Crippen molar-refractivity contribution < 1.29 is 19.2 Å². The predicted octanol–water partition coefficient (Wildman–Crippen LogP) is 3.83. The van der Waals surface area contributed by atoms with E-state index in [-0.39, 0.29) is 17.9 Å². The van der Waals surface area contributed by atoms with Gasteiger partial charge < -0.3 is 14.5 Å². The third-order valence-corrected chi connectivity index (χ3v) is 6.94. The largest absolute Gasteiger partial charge is 0.350 e. The van der Waals surface area contributed by atoms with Gasteiger partial charge in [-0.05, 0) is 44.1 Å². The maximum atomic E-state index is 12.4. The third-order valence-electron chi connectivity index (χ3n) is 6.94. The lowest BCUT2D eigenvalue weighted by Crippen LogP contribution is -2.43. The van der Waals surface area contributed by atoms with Gasteiger partial charge in [0.25, 0.3) is 5.91 Å². The van der Waals surface area contributed by atoms with Gasteiger partial charge in [0.05, 0.1) is 5.56 Å². The van der Waals surface area contributed by atoms with Crippen molar-refractivity contribution in [2.45, 2.75) is 58.3 Å². The van der Waals surface area contributed by atoms with E-state index < -0.39 is 6.29 Å². The van der Waals surface area contributed by atoms with Crippen molar-refractivity contribution in [2.24, 2.45) is 5.92 Å². The first kappa shape index (κ1) is 26.8. The van der Waals surface area contributed by atoms with Crippen molar-refractivity contribution in [1.29, 1.82) is 0 Å². The minimum atomic E-state index is -0.402. The molecule has 0 aliphatic carbocycles. The van der Waals surface area contributed by atoms with E-state index in [1.54, 1.807) is 6.92 Å². The number of rotatable bonds is 9. The van der Waals surface area contributed by atoms with E-state index in [0.717, 1.165) is 57.3 Å². The molecule has 2 aliphatic rings. The fraction of sp³-hybridized carbons (Fsp3) is 0.500. The summed E-state index contributed by atoms with van der Waals surface area (Å²) in [5.74, 6) is 0.717. The average molecular weight is 508 g/mol. The van der Waals surface area contributed by atoms with Crippen LogP contribution in [0.3, 0.4) is 0 Å². The van der Waals surface area contributed by atoms with Gasteiger partial charge in [-0.3, -0.25) is 9.59 Å². The number of hydroxylamine groups is 1. The molecule has 2 atom stereocenters. The molecule has 2 aliphatic heterocycles. The molecule has 3 heterocycles. The summed E-state index contributed by atoms with van der Waals surface area (Å²) in [6.45, 7) is 6.69. The standard InChI is InChI=1S/C28H37N5O4/c1-21(11-12-23-8-4-3-5-9-23)33(22(2)34)20-24-13-15-32(16-14-24)28-29-18-25(19-30-28)27(35)31-37-26-10-6-7-17-36-26/h3-5,8-9,11-12,18-19,21,24,26H,6-7,10,13-17,20H2,1-2H3,(H,31,35). The van der Waals surface area contributed by atoms with Crippen molar-refractivity contribution >= 4 is 23.8 Å². The first-order valence-corrected chi connectivity index (χ1v) is 13.1. The Bertz CT molecular complexity index is 1030. The van der Waals surface area contributed by atoms with Gasteiger partial charge >= 0.3 is 0 Å². The van der Waals surface area contributed by atoms with Crippen LogP contribution in [0, 0.1) is 5.92 Å². The number of benzene rings is 1. The first-order valence-electron chi connectivity index (χ1n) is 13.1. The molecule has 9 heteroatoms. The topological polar surface area (TPSA) is 96.9 Å². The Kier molecular flexibility index (Phi) is 9.62. The zero-order valence-corrected chi connectivity index (χ0v) is 21.7. The van der Waals surface area contributed by atoms with Gasteiger partial charge in [-0.25, -0.2) is 20.3 Å². The molecule has 1 N–H and O–H groups in total. The lowest BCUT2D eigenvalue weighted by Gasteiger charge is -2.36. The van der Waals surface area contributed by atoms with Crippen molar-refractivity contribution in [3.63, 3.8) is 0 Å². The Labute approximate surface area is 218 Å². The van der Waals surface area contributed by atoms with Crippen molar-refractivity contribution in [2.75, 3.05) is 31.1 Å². The van der Waals surface area contributed by atoms with Crippen LogP contribution in [-0.4, -0.2) is 65.3 Å². The van der Waals surface area contributed by atoms with Crippen LogP contribution in [0.15, 0.2) is 48.8 Å². The van der Waals surface area contributed by atoms with E-state index in [0.29, 0.717) is 24.0 Å². The highest BCUT2D eigenvalue weighted by Crippen LogP contribution is 2.23. The van der Waals surface area contributed by atoms with Gasteiger partial charge in [-0.15, -0.1) is 0 Å². The summed E-state index contributed by atoms with van der Waals surface area (Å²) in [6.07, 6.45) is 11.5. The van der Waals surface area contributed by atoms with E-state index in [1.165, 1.54) is 12.4 Å². The number of nitrogens with zero attached hydrogens (tertiary/aromatic N) is 4. The summed E-state index contributed by atoms with van der Waals surface area (Å²) >= 11 is 0. The van der Waals surface area contributed by atoms with Gasteiger partial charge in [-0.1, -0.05) is 42.5 Å². The number of anilines is 1. The molecule has 2 saturated heterocycles. The molecule has 1 aromatic carbocycles. The molecule has 0 bridgehead atoms. The molecule has 9 nitrogen and oxygen atoms in total. The number of nitrogens with one attached hydrogen (secondary N) is 1. The van der Waals surface area contributed by atoms with E-state index >= 15 is 0 Å². The van der Waals surface area contributed by atoms with Crippen LogP contribution in [0.5, 0.6) is 0 Å². The van der Waals surface area contributed by atoms with Crippen LogP contribution in [0.1, 0.15) is 61.9 Å². The zero-order valence-electron chi connectivity index (χ0n) is 21.7. The second-order valence-corrected chi connectivity index (χ2v) is 9.73. The summed E-state index contributed by atoms with van der Waals surface area (Å²) in [5.41, 5.74) is 3.90. The van der Waals surface area contributed by atoms with Crippen molar-refractivity contribution in [3.8, 4) is 0 Å². The number of hydrogen-bond acceptors (Lipinski definition) is 7. The van der Waals surface area contributed by atoms with Crippen LogP contribution in [0.4, 0.5) is 5.95 Å². The van der Waals surface area contributed by atoms with E-state index in [1.807, 2.05) is 23.1 Å². The summed E-state index contributed by atoms with van der Waals surface area (Å²) in [4.78, 5) is 43.0. The molecule has 0 spiro atoms. The molecule has 2 aromatic rings. The number of hydrogen-bond donors (Lipinski definition) is 1. The van der Waals surface area contributed by atoms with Crippen LogP contribution in [0.25, 0.3) is 6.08 Å². The Morgan fingerprint density at radius 2 is 1.89 bits per heavy atom. The highest BCUT2D eigenvalue weighted by molar-refractivity contribution is 5.92. The predicted molar refractivity (Wildman–Crippen MR) is 141 cm³/mol. The second kappa shape index (κ2) is 13.3. The van der Waals surface area contributed by atoms with Crippen LogP contribution in [0.2, 0.25) is 0 Å². The van der Waals surface area contributed by atoms with E-state index in [9.17, 15) is 9.59 Å². The Morgan fingerprint density at radius 3 is 2.54 bits per heavy atom. The van der Waals surface area contributed by atoms with Gasteiger partial charge in [0.1, 0.15) is 0 Å². The quantitative estimate of drug-likeness (QED) is 0.515. The summed E-state index contributed by atoms with van der Waals surface area (Å²) < 4.78 is 5.45. The van der Waals surface area contributed by atoms with Gasteiger partial charge in [0.2, 0.25) is 11.9 Å². The lowest BCUT2D eigenvalue weighted by atomic mass is 9.95. The molecule has 198 valence electrons. The SMILES string of the molecule is CC(=O)N(CC1CCN(c2ncc(C(=O)NOC3CCCCO3)cn2)CC1)C(C)C=Cc1ccccc1. The Hall–Kier alpha value is -3.30. The number of aromatic nitrogens is 2. The number of ether oxygens (including phenoxy) is 1. The molecule has 2 unspecified atom stereocenters. The van der Waals surface area contributed by atoms with Crippen LogP contribution in [-0.2, 0) is 14.4 Å². The van der Waals surface area contributed by atoms with Crippen molar-refractivity contribution in [1.82, 2.24) is 20.3 Å². The molecule has 2 amide bonds. The van der Waals surface area contributed by atoms with E-state index in [2.05, 4.69) is 51.6 Å². The smallest absolute Gasteiger partial charge is 0.278 e. The van der Waals surface area contributed by atoms with Crippen LogP contribution < -0.4 is 10.4 Å². The zero-order chi connectivity index (χ0) is 26.0. The summed E-state index contributed by atoms with van der Waals surface area (Å²) in [5, 5.41) is 0. The highest BCUT2D eigenvalue weighted by Gasteiger charge is 2.25. The number of amides is 2. The molecular formula is C28H37N5O4. The minimum Gasteiger partial charge on any atom is -0.350 e. The summed E-state index contributed by atoms with van der Waals surface area (Å²) in [6, 6.07) is 10.1. The van der Waals surface area contributed by atoms with Crippen LogP contribution >= 0.6 is 0 Å². The molecule has 37 heavy (non-hydrogen) atoms. The highest BCUT2D eigenvalue weighted by atomic mass is 16.8. The Balaban J connectivity index is 1.24. The fourth-order valence-electron chi connectivity index (χ4n) is 4.68. The number of carbonyl (C=O) groups excluding carboxylic acids is 2. The molecular weight excluding hydrogens is 470 g/mol.